The van der Waals surface area contributed by atoms with Gasteiger partial charge in [0.15, 0.2) is 11.5 Å². The highest BCUT2D eigenvalue weighted by molar-refractivity contribution is 5.82. The van der Waals surface area contributed by atoms with Gasteiger partial charge in [0, 0.05) is 5.56 Å². The van der Waals surface area contributed by atoms with E-state index in [2.05, 4.69) is 17.2 Å². The average Bonchev–Trinajstić information content (AvgIpc) is 2.53. The van der Waals surface area contributed by atoms with Gasteiger partial charge in [-0.05, 0) is 12.1 Å². The molecule has 0 bridgehead atoms. The first-order chi connectivity index (χ1) is 10.3. The second-order valence-corrected chi connectivity index (χ2v) is 5.40. The van der Waals surface area contributed by atoms with E-state index in [4.69, 9.17) is 14.2 Å². The van der Waals surface area contributed by atoms with Gasteiger partial charge in [0.05, 0.1) is 46.6 Å². The third-order valence-electron chi connectivity index (χ3n) is 3.81. The number of piperazine rings is 1. The molecule has 6 nitrogen and oxygen atoms in total. The molecule has 0 atom stereocenters. The van der Waals surface area contributed by atoms with Crippen LogP contribution in [0.2, 0.25) is 0 Å². The summed E-state index contributed by atoms with van der Waals surface area (Å²) in [6.45, 7) is 5.36. The van der Waals surface area contributed by atoms with Gasteiger partial charge in [0.25, 0.3) is 0 Å². The number of hydrazone groups is 1. The Labute approximate surface area is 124 Å². The van der Waals surface area contributed by atoms with Crippen LogP contribution >= 0.6 is 0 Å². The number of methoxy groups -OCH3 is 1. The predicted octanol–water partition coefficient (Wildman–Crippen LogP) is -0.369. The molecule has 1 fully saturated rings. The summed E-state index contributed by atoms with van der Waals surface area (Å²) in [4.78, 5) is 1.56. The molecule has 0 radical (unpaired) electrons. The Morgan fingerprint density at radius 2 is 2.00 bits per heavy atom. The van der Waals surface area contributed by atoms with Gasteiger partial charge < -0.3 is 19.1 Å². The fourth-order valence-corrected chi connectivity index (χ4v) is 2.51. The van der Waals surface area contributed by atoms with Crippen molar-refractivity contribution in [1.82, 2.24) is 5.01 Å². The molecule has 21 heavy (non-hydrogen) atoms. The first kappa shape index (κ1) is 14.0. The fraction of sp³-hybridized carbons (Fsp3) is 0.533. The molecule has 114 valence electrons. The molecule has 6 heteroatoms. The van der Waals surface area contributed by atoms with Crippen LogP contribution in [0.15, 0.2) is 17.2 Å². The number of quaternary nitrogens is 1. The Bertz CT molecular complexity index is 508. The van der Waals surface area contributed by atoms with E-state index in [9.17, 15) is 0 Å². The Kier molecular flexibility index (Phi) is 4.15. The monoisotopic (exact) mass is 292 g/mol. The van der Waals surface area contributed by atoms with Gasteiger partial charge in [-0.2, -0.15) is 5.10 Å². The molecule has 0 aromatic heterocycles. The number of hydrogen-bond donors (Lipinski definition) is 1. The van der Waals surface area contributed by atoms with Gasteiger partial charge in [-0.25, -0.2) is 0 Å². The van der Waals surface area contributed by atoms with Crippen LogP contribution in [0.4, 0.5) is 0 Å². The predicted molar refractivity (Wildman–Crippen MR) is 79.8 cm³/mol. The highest BCUT2D eigenvalue weighted by Crippen LogP contribution is 2.39. The summed E-state index contributed by atoms with van der Waals surface area (Å²) in [6.07, 6.45) is 1.86. The van der Waals surface area contributed by atoms with E-state index >= 15 is 0 Å². The number of rotatable bonds is 3. The maximum atomic E-state index is 5.63. The average molecular weight is 292 g/mol. The molecule has 0 amide bonds. The number of hydrogen-bond acceptors (Lipinski definition) is 5. The largest absolute Gasteiger partial charge is 0.493 e. The third-order valence-corrected chi connectivity index (χ3v) is 3.81. The van der Waals surface area contributed by atoms with Gasteiger partial charge in [-0.1, -0.05) is 0 Å². The summed E-state index contributed by atoms with van der Waals surface area (Å²) in [5, 5.41) is 6.66. The summed E-state index contributed by atoms with van der Waals surface area (Å²) < 4.78 is 16.6. The molecule has 1 saturated heterocycles. The zero-order valence-corrected chi connectivity index (χ0v) is 12.6. The van der Waals surface area contributed by atoms with Crippen LogP contribution in [0, 0.1) is 0 Å². The minimum atomic E-state index is 0.556. The van der Waals surface area contributed by atoms with Gasteiger partial charge in [-0.15, -0.1) is 0 Å². The Morgan fingerprint density at radius 3 is 2.76 bits per heavy atom. The second-order valence-electron chi connectivity index (χ2n) is 5.40. The summed E-state index contributed by atoms with van der Waals surface area (Å²) in [5.74, 6) is 2.10. The summed E-state index contributed by atoms with van der Waals surface area (Å²) in [6, 6.07) is 3.88. The lowest BCUT2D eigenvalue weighted by atomic mass is 10.2. The fourth-order valence-electron chi connectivity index (χ4n) is 2.51. The SMILES string of the molecule is COc1cc(/C=N\N2CC[NH+](C)CC2)cc2c1OCCO2. The summed E-state index contributed by atoms with van der Waals surface area (Å²) >= 11 is 0. The van der Waals surface area contributed by atoms with E-state index in [0.29, 0.717) is 24.7 Å². The summed E-state index contributed by atoms with van der Waals surface area (Å²) in [7, 11) is 3.85. The van der Waals surface area contributed by atoms with Crippen molar-refractivity contribution in [2.45, 2.75) is 0 Å². The van der Waals surface area contributed by atoms with Crippen LogP contribution in [-0.2, 0) is 0 Å². The number of nitrogens with zero attached hydrogens (tertiary/aromatic N) is 2. The second kappa shape index (κ2) is 6.22. The van der Waals surface area contributed by atoms with Crippen molar-refractivity contribution in [2.75, 3.05) is 53.6 Å². The van der Waals surface area contributed by atoms with Crippen molar-refractivity contribution in [1.29, 1.82) is 0 Å². The standard InChI is InChI=1S/C15H21N3O3/c1-17-3-5-18(6-4-17)16-11-12-9-13(19-2)15-14(10-12)20-7-8-21-15/h9-11H,3-8H2,1-2H3/p+1/b16-11-. The number of nitrogens with one attached hydrogen (secondary N) is 1. The van der Waals surface area contributed by atoms with Crippen LogP contribution in [0.5, 0.6) is 17.2 Å². The molecule has 3 rings (SSSR count). The number of ether oxygens (including phenoxy) is 3. The normalized spacial score (nSPS) is 19.0. The summed E-state index contributed by atoms with van der Waals surface area (Å²) in [5.41, 5.74) is 0.961. The molecule has 0 unspecified atom stereocenters. The Hall–Kier alpha value is -1.95. The zero-order valence-electron chi connectivity index (χ0n) is 12.6. The van der Waals surface area contributed by atoms with Crippen molar-refractivity contribution >= 4 is 6.21 Å². The topological polar surface area (TPSA) is 47.7 Å². The van der Waals surface area contributed by atoms with Gasteiger partial charge in [0.2, 0.25) is 5.75 Å². The van der Waals surface area contributed by atoms with Crippen molar-refractivity contribution in [3.05, 3.63) is 17.7 Å². The molecule has 2 aliphatic rings. The number of likely N-dealkylation sites (N-methyl/N-ethyl adjacent to an activating group) is 1. The van der Waals surface area contributed by atoms with Crippen molar-refractivity contribution in [3.8, 4) is 17.2 Å². The minimum Gasteiger partial charge on any atom is -0.493 e. The van der Waals surface area contributed by atoms with Crippen LogP contribution in [0.3, 0.4) is 0 Å². The first-order valence-corrected chi connectivity index (χ1v) is 7.34. The molecular formula is C15H22N3O3+. The Morgan fingerprint density at radius 1 is 1.24 bits per heavy atom. The minimum absolute atomic E-state index is 0.556. The van der Waals surface area contributed by atoms with E-state index < -0.39 is 0 Å². The van der Waals surface area contributed by atoms with Crippen molar-refractivity contribution in [2.24, 2.45) is 5.10 Å². The lowest BCUT2D eigenvalue weighted by molar-refractivity contribution is -0.884. The molecule has 2 aliphatic heterocycles. The molecule has 0 saturated carbocycles. The van der Waals surface area contributed by atoms with E-state index in [1.807, 2.05) is 18.3 Å². The zero-order chi connectivity index (χ0) is 14.7. The molecule has 1 aromatic rings. The molecule has 1 N–H and O–H groups in total. The maximum absolute atomic E-state index is 5.63. The Balaban J connectivity index is 1.76. The molecule has 2 heterocycles. The van der Waals surface area contributed by atoms with Crippen LogP contribution in [-0.4, -0.2) is 64.8 Å². The maximum Gasteiger partial charge on any atom is 0.203 e. The van der Waals surface area contributed by atoms with E-state index in [-0.39, 0.29) is 0 Å². The molecule has 0 spiro atoms. The van der Waals surface area contributed by atoms with Gasteiger partial charge in [0.1, 0.15) is 13.2 Å². The van der Waals surface area contributed by atoms with E-state index in [0.717, 1.165) is 37.5 Å². The van der Waals surface area contributed by atoms with Crippen LogP contribution < -0.4 is 19.1 Å². The number of fused-ring (bicyclic) bond motifs is 1. The van der Waals surface area contributed by atoms with E-state index in [1.54, 1.807) is 12.0 Å². The highest BCUT2D eigenvalue weighted by Gasteiger charge is 2.18. The van der Waals surface area contributed by atoms with E-state index in [1.165, 1.54) is 0 Å². The lowest BCUT2D eigenvalue weighted by Crippen LogP contribution is -3.11. The number of benzene rings is 1. The third kappa shape index (κ3) is 3.21. The highest BCUT2D eigenvalue weighted by atomic mass is 16.6. The molecular weight excluding hydrogens is 270 g/mol. The quantitative estimate of drug-likeness (QED) is 0.772. The smallest absolute Gasteiger partial charge is 0.203 e. The lowest BCUT2D eigenvalue weighted by Gasteiger charge is -2.27. The molecule has 1 aromatic carbocycles. The van der Waals surface area contributed by atoms with Gasteiger partial charge in [-0.3, -0.25) is 5.01 Å². The van der Waals surface area contributed by atoms with Crippen LogP contribution in [0.25, 0.3) is 0 Å². The molecule has 0 aliphatic carbocycles. The van der Waals surface area contributed by atoms with Crippen LogP contribution in [0.1, 0.15) is 5.56 Å². The van der Waals surface area contributed by atoms with Crippen molar-refractivity contribution < 1.29 is 19.1 Å². The van der Waals surface area contributed by atoms with Crippen molar-refractivity contribution in [3.63, 3.8) is 0 Å². The first-order valence-electron chi connectivity index (χ1n) is 7.34. The van der Waals surface area contributed by atoms with Gasteiger partial charge >= 0.3 is 0 Å².